The van der Waals surface area contributed by atoms with Crippen LogP contribution in [0.2, 0.25) is 0 Å². The van der Waals surface area contributed by atoms with Crippen LogP contribution in [0.4, 0.5) is 0 Å². The maximum Gasteiger partial charge on any atom is 0.338 e. The smallest absolute Gasteiger partial charge is 0.338 e. The van der Waals surface area contributed by atoms with E-state index in [9.17, 15) is 4.79 Å². The molecule has 0 bridgehead atoms. The maximum absolute atomic E-state index is 11.8. The number of esters is 1. The van der Waals surface area contributed by atoms with Gasteiger partial charge in [-0.1, -0.05) is 54.6 Å². The Balaban J connectivity index is 2.62. The van der Waals surface area contributed by atoms with E-state index in [0.29, 0.717) is 5.56 Å². The highest BCUT2D eigenvalue weighted by Gasteiger charge is 2.13. The van der Waals surface area contributed by atoms with E-state index in [1.807, 2.05) is 61.5 Å². The number of allylic oxidation sites excluding steroid dienone is 1. The van der Waals surface area contributed by atoms with E-state index < -0.39 is 0 Å². The molecule has 0 atom stereocenters. The van der Waals surface area contributed by atoms with Crippen LogP contribution in [-0.4, -0.2) is 13.1 Å². The molecule has 19 heavy (non-hydrogen) atoms. The third-order valence-electron chi connectivity index (χ3n) is 2.93. The summed E-state index contributed by atoms with van der Waals surface area (Å²) in [6, 6.07) is 15.5. The third kappa shape index (κ3) is 2.74. The predicted octanol–water partition coefficient (Wildman–Crippen LogP) is 4.17. The molecule has 2 nitrogen and oxygen atoms in total. The summed E-state index contributed by atoms with van der Waals surface area (Å²) in [4.78, 5) is 11.8. The molecule has 2 rings (SSSR count). The van der Waals surface area contributed by atoms with Crippen LogP contribution in [0.3, 0.4) is 0 Å². The average Bonchev–Trinajstić information content (AvgIpc) is 2.47. The summed E-state index contributed by atoms with van der Waals surface area (Å²) in [6.07, 6.45) is 4.02. The van der Waals surface area contributed by atoms with Crippen LogP contribution < -0.4 is 0 Å². The van der Waals surface area contributed by atoms with Crippen molar-refractivity contribution in [2.24, 2.45) is 0 Å². The Hall–Kier alpha value is -2.35. The molecule has 0 unspecified atom stereocenters. The van der Waals surface area contributed by atoms with Crippen molar-refractivity contribution in [3.05, 3.63) is 65.7 Å². The largest absolute Gasteiger partial charge is 0.465 e. The lowest BCUT2D eigenvalue weighted by Crippen LogP contribution is -2.03. The zero-order chi connectivity index (χ0) is 13.7. The van der Waals surface area contributed by atoms with Crippen molar-refractivity contribution in [3.63, 3.8) is 0 Å². The normalized spacial score (nSPS) is 10.6. The van der Waals surface area contributed by atoms with Crippen molar-refractivity contribution in [1.82, 2.24) is 0 Å². The molecule has 2 aromatic carbocycles. The molecular weight excluding hydrogens is 236 g/mol. The molecule has 2 heteroatoms. The van der Waals surface area contributed by atoms with E-state index in [4.69, 9.17) is 4.74 Å². The molecule has 0 radical (unpaired) electrons. The van der Waals surface area contributed by atoms with Gasteiger partial charge < -0.3 is 4.74 Å². The zero-order valence-electron chi connectivity index (χ0n) is 11.1. The zero-order valence-corrected chi connectivity index (χ0v) is 11.1. The number of rotatable bonds is 3. The maximum atomic E-state index is 11.8. The molecule has 0 spiro atoms. The van der Waals surface area contributed by atoms with Crippen molar-refractivity contribution in [3.8, 4) is 11.1 Å². The van der Waals surface area contributed by atoms with Crippen molar-refractivity contribution in [2.45, 2.75) is 6.92 Å². The average molecular weight is 252 g/mol. The van der Waals surface area contributed by atoms with Gasteiger partial charge in [0.05, 0.1) is 12.7 Å². The van der Waals surface area contributed by atoms with E-state index in [1.54, 1.807) is 6.07 Å². The van der Waals surface area contributed by atoms with E-state index in [0.717, 1.165) is 16.7 Å². The molecule has 0 aromatic heterocycles. The SMILES string of the molecule is C/C=C/c1ccccc1-c1ccccc1C(=O)OC. The van der Waals surface area contributed by atoms with Gasteiger partial charge >= 0.3 is 5.97 Å². The first-order chi connectivity index (χ1) is 9.27. The summed E-state index contributed by atoms with van der Waals surface area (Å²) in [5, 5.41) is 0. The Labute approximate surface area is 113 Å². The highest BCUT2D eigenvalue weighted by atomic mass is 16.5. The summed E-state index contributed by atoms with van der Waals surface area (Å²) < 4.78 is 4.84. The van der Waals surface area contributed by atoms with Crippen LogP contribution >= 0.6 is 0 Å². The molecule has 0 aliphatic heterocycles. The lowest BCUT2D eigenvalue weighted by Gasteiger charge is -2.10. The van der Waals surface area contributed by atoms with Gasteiger partial charge in [0.1, 0.15) is 0 Å². The molecule has 2 aromatic rings. The molecule has 0 aliphatic carbocycles. The first kappa shape index (κ1) is 13.1. The van der Waals surface area contributed by atoms with Gasteiger partial charge in [0.2, 0.25) is 0 Å². The minimum Gasteiger partial charge on any atom is -0.465 e. The standard InChI is InChI=1S/C17H16O2/c1-3-8-13-9-4-5-10-14(13)15-11-6-7-12-16(15)17(18)19-2/h3-12H,1-2H3/b8-3+. The van der Waals surface area contributed by atoms with Gasteiger partial charge in [-0.05, 0) is 29.7 Å². The van der Waals surface area contributed by atoms with Crippen LogP contribution in [0.15, 0.2) is 54.6 Å². The molecule has 0 aliphatic rings. The second kappa shape index (κ2) is 6.01. The summed E-state index contributed by atoms with van der Waals surface area (Å²) in [6.45, 7) is 1.98. The van der Waals surface area contributed by atoms with Crippen LogP contribution in [0.25, 0.3) is 17.2 Å². The van der Waals surface area contributed by atoms with Crippen LogP contribution in [0.1, 0.15) is 22.8 Å². The highest BCUT2D eigenvalue weighted by Crippen LogP contribution is 2.28. The minimum atomic E-state index is -0.314. The van der Waals surface area contributed by atoms with Crippen molar-refractivity contribution >= 4 is 12.0 Å². The Bertz CT molecular complexity index is 612. The predicted molar refractivity (Wildman–Crippen MR) is 77.9 cm³/mol. The van der Waals surface area contributed by atoms with Gasteiger partial charge in [-0.25, -0.2) is 4.79 Å². The van der Waals surface area contributed by atoms with E-state index in [2.05, 4.69) is 0 Å². The van der Waals surface area contributed by atoms with Gasteiger partial charge in [0.15, 0.2) is 0 Å². The molecule has 0 saturated heterocycles. The Morgan fingerprint density at radius 2 is 1.63 bits per heavy atom. The van der Waals surface area contributed by atoms with Crippen molar-refractivity contribution in [2.75, 3.05) is 7.11 Å². The first-order valence-corrected chi connectivity index (χ1v) is 6.17. The molecule has 0 amide bonds. The second-order valence-corrected chi connectivity index (χ2v) is 4.12. The lowest BCUT2D eigenvalue weighted by molar-refractivity contribution is 0.0601. The van der Waals surface area contributed by atoms with Crippen LogP contribution in [-0.2, 0) is 4.74 Å². The fourth-order valence-electron chi connectivity index (χ4n) is 2.07. The fraction of sp³-hybridized carbons (Fsp3) is 0.118. The summed E-state index contributed by atoms with van der Waals surface area (Å²) in [5.74, 6) is -0.314. The van der Waals surface area contributed by atoms with E-state index in [-0.39, 0.29) is 5.97 Å². The Morgan fingerprint density at radius 1 is 1.00 bits per heavy atom. The molecule has 0 fully saturated rings. The number of carbonyl (C=O) groups excluding carboxylic acids is 1. The number of hydrogen-bond donors (Lipinski definition) is 0. The topological polar surface area (TPSA) is 26.3 Å². The van der Waals surface area contributed by atoms with Gasteiger partial charge in [0.25, 0.3) is 0 Å². The molecule has 0 N–H and O–H groups in total. The van der Waals surface area contributed by atoms with Gasteiger partial charge in [0, 0.05) is 0 Å². The number of ether oxygens (including phenoxy) is 1. The number of methoxy groups -OCH3 is 1. The van der Waals surface area contributed by atoms with Gasteiger partial charge in [-0.3, -0.25) is 0 Å². The Morgan fingerprint density at radius 3 is 2.32 bits per heavy atom. The number of carbonyl (C=O) groups is 1. The monoisotopic (exact) mass is 252 g/mol. The number of benzene rings is 2. The lowest BCUT2D eigenvalue weighted by atomic mass is 9.95. The summed E-state index contributed by atoms with van der Waals surface area (Å²) >= 11 is 0. The quantitative estimate of drug-likeness (QED) is 0.766. The minimum absolute atomic E-state index is 0.314. The number of hydrogen-bond acceptors (Lipinski definition) is 2. The molecular formula is C17H16O2. The van der Waals surface area contributed by atoms with Gasteiger partial charge in [-0.2, -0.15) is 0 Å². The Kier molecular flexibility index (Phi) is 4.14. The van der Waals surface area contributed by atoms with E-state index >= 15 is 0 Å². The molecule has 96 valence electrons. The second-order valence-electron chi connectivity index (χ2n) is 4.12. The van der Waals surface area contributed by atoms with Crippen molar-refractivity contribution in [1.29, 1.82) is 0 Å². The molecule has 0 heterocycles. The summed E-state index contributed by atoms with van der Waals surface area (Å²) in [7, 11) is 1.40. The van der Waals surface area contributed by atoms with Crippen molar-refractivity contribution < 1.29 is 9.53 Å². The molecule has 0 saturated carbocycles. The van der Waals surface area contributed by atoms with Gasteiger partial charge in [-0.15, -0.1) is 0 Å². The fourth-order valence-corrected chi connectivity index (χ4v) is 2.07. The van der Waals surface area contributed by atoms with Crippen LogP contribution in [0, 0.1) is 0 Å². The third-order valence-corrected chi connectivity index (χ3v) is 2.93. The summed E-state index contributed by atoms with van der Waals surface area (Å²) in [5.41, 5.74) is 3.59. The highest BCUT2D eigenvalue weighted by molar-refractivity contribution is 5.98. The van der Waals surface area contributed by atoms with E-state index in [1.165, 1.54) is 7.11 Å². The van der Waals surface area contributed by atoms with Crippen LogP contribution in [0.5, 0.6) is 0 Å². The first-order valence-electron chi connectivity index (χ1n) is 6.17.